The first-order valence-corrected chi connectivity index (χ1v) is 13.4. The van der Waals surface area contributed by atoms with Crippen LogP contribution >= 0.6 is 22.9 Å². The Labute approximate surface area is 192 Å². The summed E-state index contributed by atoms with van der Waals surface area (Å²) < 4.78 is 25.3. The van der Waals surface area contributed by atoms with Gasteiger partial charge >= 0.3 is 0 Å². The van der Waals surface area contributed by atoms with Crippen LogP contribution in [-0.4, -0.2) is 36.8 Å². The molecule has 3 aromatic rings. The quantitative estimate of drug-likeness (QED) is 0.467. The minimum atomic E-state index is -3.13. The Morgan fingerprint density at radius 1 is 1.19 bits per heavy atom. The number of amides is 1. The van der Waals surface area contributed by atoms with Crippen LogP contribution in [0.4, 0.5) is 0 Å². The first-order chi connectivity index (χ1) is 14.6. The van der Waals surface area contributed by atoms with E-state index in [-0.39, 0.29) is 23.5 Å². The summed E-state index contributed by atoms with van der Waals surface area (Å²) in [5, 5.41) is 1.31. The standard InChI is InChI=1S/C24H26ClNO3S2/c1-15(2)18-7-5-17(6-8-18)13-26(19-10-11-31(28,29)14-19)24(27)23-22(25)20-9-4-16(3)12-21(20)30-23/h4-9,12,15,19H,10-11,13-14H2,1-3H3/t19-/m1/s1. The van der Waals surface area contributed by atoms with E-state index in [1.165, 1.54) is 16.9 Å². The highest BCUT2D eigenvalue weighted by atomic mass is 35.5. The molecule has 7 heteroatoms. The van der Waals surface area contributed by atoms with Gasteiger partial charge in [-0.1, -0.05) is 61.8 Å². The summed E-state index contributed by atoms with van der Waals surface area (Å²) in [5.74, 6) is 0.351. The third-order valence-electron chi connectivity index (χ3n) is 5.89. The largest absolute Gasteiger partial charge is 0.330 e. The molecule has 164 valence electrons. The normalized spacial score (nSPS) is 18.0. The second-order valence-corrected chi connectivity index (χ2v) is 12.3. The average molecular weight is 476 g/mol. The molecule has 0 saturated carbocycles. The van der Waals surface area contributed by atoms with Gasteiger partial charge in [0.25, 0.3) is 5.91 Å². The summed E-state index contributed by atoms with van der Waals surface area (Å²) in [7, 11) is -3.13. The van der Waals surface area contributed by atoms with Crippen molar-refractivity contribution in [1.29, 1.82) is 0 Å². The summed E-state index contributed by atoms with van der Waals surface area (Å²) in [6.45, 7) is 6.64. The molecule has 0 unspecified atom stereocenters. The maximum atomic E-state index is 13.7. The van der Waals surface area contributed by atoms with Crippen LogP contribution in [0.15, 0.2) is 42.5 Å². The monoisotopic (exact) mass is 475 g/mol. The van der Waals surface area contributed by atoms with Crippen molar-refractivity contribution in [1.82, 2.24) is 4.90 Å². The lowest BCUT2D eigenvalue weighted by Crippen LogP contribution is -2.40. The maximum Gasteiger partial charge on any atom is 0.266 e. The number of halogens is 1. The van der Waals surface area contributed by atoms with Gasteiger partial charge in [0.2, 0.25) is 0 Å². The fourth-order valence-corrected chi connectivity index (χ4v) is 7.33. The number of carbonyl (C=O) groups is 1. The van der Waals surface area contributed by atoms with Crippen molar-refractivity contribution in [2.24, 2.45) is 0 Å². The van der Waals surface area contributed by atoms with E-state index < -0.39 is 9.84 Å². The smallest absolute Gasteiger partial charge is 0.266 e. The van der Waals surface area contributed by atoms with Gasteiger partial charge in [0.15, 0.2) is 9.84 Å². The summed E-state index contributed by atoms with van der Waals surface area (Å²) in [5.41, 5.74) is 3.32. The molecular weight excluding hydrogens is 450 g/mol. The molecule has 2 aromatic carbocycles. The van der Waals surface area contributed by atoms with Gasteiger partial charge in [-0.15, -0.1) is 11.3 Å². The highest BCUT2D eigenvalue weighted by molar-refractivity contribution is 7.91. The molecule has 31 heavy (non-hydrogen) atoms. The van der Waals surface area contributed by atoms with Crippen LogP contribution in [-0.2, 0) is 16.4 Å². The number of thiophene rings is 1. The number of fused-ring (bicyclic) bond motifs is 1. The molecule has 1 aliphatic rings. The van der Waals surface area contributed by atoms with Gasteiger partial charge < -0.3 is 4.90 Å². The van der Waals surface area contributed by atoms with E-state index in [2.05, 4.69) is 26.0 Å². The minimum Gasteiger partial charge on any atom is -0.330 e. The van der Waals surface area contributed by atoms with E-state index in [0.717, 1.165) is 21.2 Å². The Kier molecular flexibility index (Phi) is 6.16. The lowest BCUT2D eigenvalue weighted by molar-refractivity contribution is 0.0686. The zero-order chi connectivity index (χ0) is 22.3. The molecule has 0 spiro atoms. The molecule has 1 aliphatic heterocycles. The Balaban J connectivity index is 1.70. The molecule has 0 aliphatic carbocycles. The molecule has 0 bridgehead atoms. The molecule has 4 rings (SSSR count). The molecule has 0 N–H and O–H groups in total. The Morgan fingerprint density at radius 3 is 2.52 bits per heavy atom. The van der Waals surface area contributed by atoms with Crippen molar-refractivity contribution in [3.8, 4) is 0 Å². The van der Waals surface area contributed by atoms with Crippen molar-refractivity contribution < 1.29 is 13.2 Å². The van der Waals surface area contributed by atoms with Crippen LogP contribution in [0.2, 0.25) is 5.02 Å². The number of aryl methyl sites for hydroxylation is 1. The van der Waals surface area contributed by atoms with Gasteiger partial charge in [0.05, 0.1) is 16.5 Å². The van der Waals surface area contributed by atoms with Gasteiger partial charge in [-0.25, -0.2) is 8.42 Å². The Morgan fingerprint density at radius 2 is 1.90 bits per heavy atom. The van der Waals surface area contributed by atoms with Gasteiger partial charge in [-0.2, -0.15) is 0 Å². The zero-order valence-corrected chi connectivity index (χ0v) is 20.3. The molecular formula is C24H26ClNO3S2. The zero-order valence-electron chi connectivity index (χ0n) is 17.9. The van der Waals surface area contributed by atoms with E-state index in [0.29, 0.717) is 28.8 Å². The highest BCUT2D eigenvalue weighted by Gasteiger charge is 2.36. The summed E-state index contributed by atoms with van der Waals surface area (Å²) in [6, 6.07) is 13.8. The predicted molar refractivity (Wildman–Crippen MR) is 129 cm³/mol. The summed E-state index contributed by atoms with van der Waals surface area (Å²) in [6.07, 6.45) is 0.458. The fourth-order valence-electron chi connectivity index (χ4n) is 4.03. The van der Waals surface area contributed by atoms with E-state index in [1.54, 1.807) is 4.90 Å². The maximum absolute atomic E-state index is 13.7. The van der Waals surface area contributed by atoms with Crippen molar-refractivity contribution in [2.45, 2.75) is 45.7 Å². The number of benzene rings is 2. The number of sulfone groups is 1. The van der Waals surface area contributed by atoms with E-state index in [1.807, 2.05) is 37.3 Å². The Hall–Kier alpha value is -1.89. The topological polar surface area (TPSA) is 54.5 Å². The average Bonchev–Trinajstić information content (AvgIpc) is 3.24. The van der Waals surface area contributed by atoms with Crippen molar-refractivity contribution >= 4 is 48.8 Å². The first kappa shape index (κ1) is 22.3. The van der Waals surface area contributed by atoms with Gasteiger partial charge in [-0.3, -0.25) is 4.79 Å². The van der Waals surface area contributed by atoms with E-state index >= 15 is 0 Å². The third-order valence-corrected chi connectivity index (χ3v) is 9.28. The van der Waals surface area contributed by atoms with Crippen LogP contribution in [0.3, 0.4) is 0 Å². The minimum absolute atomic E-state index is 0.00440. The van der Waals surface area contributed by atoms with Gasteiger partial charge in [-0.05, 0) is 42.0 Å². The number of rotatable bonds is 5. The molecule has 2 heterocycles. The third kappa shape index (κ3) is 4.66. The van der Waals surface area contributed by atoms with E-state index in [9.17, 15) is 13.2 Å². The summed E-state index contributed by atoms with van der Waals surface area (Å²) in [4.78, 5) is 15.8. The molecule has 1 aromatic heterocycles. The predicted octanol–water partition coefficient (Wildman–Crippen LogP) is 5.82. The van der Waals surface area contributed by atoms with Crippen LogP contribution in [0.1, 0.15) is 52.5 Å². The van der Waals surface area contributed by atoms with Crippen molar-refractivity contribution in [3.63, 3.8) is 0 Å². The molecule has 4 nitrogen and oxygen atoms in total. The second kappa shape index (κ2) is 8.57. The molecule has 1 amide bonds. The fraction of sp³-hybridized carbons (Fsp3) is 0.375. The number of carbonyl (C=O) groups excluding carboxylic acids is 1. The SMILES string of the molecule is Cc1ccc2c(Cl)c(C(=O)N(Cc3ccc(C(C)C)cc3)[C@@H]3CCS(=O)(=O)C3)sc2c1. The second-order valence-electron chi connectivity index (χ2n) is 8.63. The van der Waals surface area contributed by atoms with Crippen molar-refractivity contribution in [3.05, 3.63) is 69.1 Å². The van der Waals surface area contributed by atoms with Crippen LogP contribution in [0, 0.1) is 6.92 Å². The van der Waals surface area contributed by atoms with Gasteiger partial charge in [0, 0.05) is 22.7 Å². The molecule has 1 fully saturated rings. The number of hydrogen-bond acceptors (Lipinski definition) is 4. The number of nitrogens with zero attached hydrogens (tertiary/aromatic N) is 1. The molecule has 1 saturated heterocycles. The van der Waals surface area contributed by atoms with Gasteiger partial charge in [0.1, 0.15) is 4.88 Å². The lowest BCUT2D eigenvalue weighted by atomic mass is 10.0. The first-order valence-electron chi connectivity index (χ1n) is 10.4. The summed E-state index contributed by atoms with van der Waals surface area (Å²) >= 11 is 7.99. The van der Waals surface area contributed by atoms with E-state index in [4.69, 9.17) is 11.6 Å². The molecule has 1 atom stereocenters. The number of hydrogen-bond donors (Lipinski definition) is 0. The van der Waals surface area contributed by atoms with Crippen LogP contribution in [0.5, 0.6) is 0 Å². The van der Waals surface area contributed by atoms with Crippen LogP contribution in [0.25, 0.3) is 10.1 Å². The lowest BCUT2D eigenvalue weighted by Gasteiger charge is -2.28. The highest BCUT2D eigenvalue weighted by Crippen LogP contribution is 2.37. The van der Waals surface area contributed by atoms with Crippen molar-refractivity contribution in [2.75, 3.05) is 11.5 Å². The molecule has 0 radical (unpaired) electrons. The van der Waals surface area contributed by atoms with Crippen LogP contribution < -0.4 is 0 Å². The Bertz CT molecular complexity index is 1230.